The van der Waals surface area contributed by atoms with Crippen molar-refractivity contribution in [1.29, 1.82) is 0 Å². The van der Waals surface area contributed by atoms with Crippen molar-refractivity contribution >= 4 is 68.3 Å². The van der Waals surface area contributed by atoms with Gasteiger partial charge < -0.3 is 9.15 Å². The van der Waals surface area contributed by atoms with E-state index in [0.29, 0.717) is 37.0 Å². The molecule has 0 radical (unpaired) electrons. The summed E-state index contributed by atoms with van der Waals surface area (Å²) in [5, 5.41) is 3.17. The first-order valence-electron chi connectivity index (χ1n) is 5.26. The lowest BCUT2D eigenvalue weighted by molar-refractivity contribution is 0.415. The second-order valence-corrected chi connectivity index (χ2v) is 5.55. The van der Waals surface area contributed by atoms with Crippen LogP contribution >= 0.6 is 46.4 Å². The molecule has 0 aliphatic heterocycles. The molecular weight excluding hydrogens is 330 g/mol. The van der Waals surface area contributed by atoms with Gasteiger partial charge in [0.05, 0.1) is 22.2 Å². The summed E-state index contributed by atoms with van der Waals surface area (Å²) in [6, 6.07) is 5.11. The largest absolute Gasteiger partial charge is 0.493 e. The molecule has 3 rings (SSSR count). The highest BCUT2D eigenvalue weighted by Gasteiger charge is 2.18. The van der Waals surface area contributed by atoms with Gasteiger partial charge in [0.15, 0.2) is 11.3 Å². The van der Waals surface area contributed by atoms with Crippen LogP contribution in [-0.2, 0) is 0 Å². The normalized spacial score (nSPS) is 11.4. The van der Waals surface area contributed by atoms with Gasteiger partial charge in [-0.05, 0) is 12.1 Å². The highest BCUT2D eigenvalue weighted by molar-refractivity contribution is 6.44. The zero-order valence-corrected chi connectivity index (χ0v) is 12.6. The van der Waals surface area contributed by atoms with Crippen LogP contribution in [0.15, 0.2) is 22.6 Å². The van der Waals surface area contributed by atoms with Gasteiger partial charge in [-0.2, -0.15) is 0 Å². The standard InChI is InChI=1S/C13H6Cl4O2/c1-18-13-9(16)3-6-5-2-7(14)8(15)4-10(5)19-12(6)11(13)17/h2-4H,1H3. The van der Waals surface area contributed by atoms with E-state index < -0.39 is 0 Å². The number of furan rings is 1. The highest BCUT2D eigenvalue weighted by Crippen LogP contribution is 2.44. The summed E-state index contributed by atoms with van der Waals surface area (Å²) in [6.07, 6.45) is 0. The Morgan fingerprint density at radius 3 is 2.21 bits per heavy atom. The van der Waals surface area contributed by atoms with Crippen LogP contribution in [0.5, 0.6) is 5.75 Å². The summed E-state index contributed by atoms with van der Waals surface area (Å²) in [7, 11) is 1.50. The van der Waals surface area contributed by atoms with Gasteiger partial charge in [0.25, 0.3) is 0 Å². The molecule has 0 bridgehead atoms. The molecule has 0 saturated heterocycles. The Balaban J connectivity index is 2.51. The van der Waals surface area contributed by atoms with Crippen LogP contribution in [0.2, 0.25) is 20.1 Å². The molecule has 0 aliphatic rings. The van der Waals surface area contributed by atoms with Crippen LogP contribution in [0.25, 0.3) is 21.9 Å². The number of halogens is 4. The van der Waals surface area contributed by atoms with Gasteiger partial charge in [-0.25, -0.2) is 0 Å². The van der Waals surface area contributed by atoms with E-state index >= 15 is 0 Å². The van der Waals surface area contributed by atoms with Crippen molar-refractivity contribution in [3.63, 3.8) is 0 Å². The van der Waals surface area contributed by atoms with Gasteiger partial charge in [0, 0.05) is 16.8 Å². The van der Waals surface area contributed by atoms with Crippen LogP contribution in [0, 0.1) is 0 Å². The molecule has 0 spiro atoms. The monoisotopic (exact) mass is 334 g/mol. The van der Waals surface area contributed by atoms with Crippen LogP contribution in [0.3, 0.4) is 0 Å². The molecule has 0 saturated carbocycles. The van der Waals surface area contributed by atoms with E-state index in [-0.39, 0.29) is 0 Å². The Labute approximate surface area is 128 Å². The molecule has 0 fully saturated rings. The van der Waals surface area contributed by atoms with Crippen LogP contribution in [0.1, 0.15) is 0 Å². The third-order valence-electron chi connectivity index (χ3n) is 2.86. The van der Waals surface area contributed by atoms with E-state index in [9.17, 15) is 0 Å². The van der Waals surface area contributed by atoms with Gasteiger partial charge in [0.2, 0.25) is 0 Å². The Morgan fingerprint density at radius 1 is 0.895 bits per heavy atom. The third kappa shape index (κ3) is 1.95. The fourth-order valence-corrected chi connectivity index (χ4v) is 2.97. The van der Waals surface area contributed by atoms with Gasteiger partial charge in [-0.3, -0.25) is 0 Å². The van der Waals surface area contributed by atoms with Crippen LogP contribution in [0.4, 0.5) is 0 Å². The topological polar surface area (TPSA) is 22.4 Å². The molecule has 2 aromatic carbocycles. The SMILES string of the molecule is COc1c(Cl)cc2c(oc3cc(Cl)c(Cl)cc32)c1Cl. The molecule has 0 N–H and O–H groups in total. The first kappa shape index (κ1) is 13.2. The molecule has 1 aromatic heterocycles. The first-order chi connectivity index (χ1) is 9.02. The first-order valence-corrected chi connectivity index (χ1v) is 6.77. The Bertz CT molecular complexity index is 808. The average molecular weight is 336 g/mol. The van der Waals surface area contributed by atoms with E-state index in [1.54, 1.807) is 18.2 Å². The molecule has 0 aliphatic carbocycles. The number of methoxy groups -OCH3 is 1. The number of rotatable bonds is 1. The molecule has 1 heterocycles. The van der Waals surface area contributed by atoms with Crippen molar-refractivity contribution in [2.24, 2.45) is 0 Å². The molecule has 3 aromatic rings. The molecule has 2 nitrogen and oxygen atoms in total. The summed E-state index contributed by atoms with van der Waals surface area (Å²) in [4.78, 5) is 0. The minimum Gasteiger partial charge on any atom is -0.493 e. The zero-order valence-electron chi connectivity index (χ0n) is 9.56. The third-order valence-corrected chi connectivity index (χ3v) is 4.21. The lowest BCUT2D eigenvalue weighted by atomic mass is 10.1. The lowest BCUT2D eigenvalue weighted by Crippen LogP contribution is -1.85. The summed E-state index contributed by atoms with van der Waals surface area (Å²) in [5.74, 6) is 0.382. The van der Waals surface area contributed by atoms with E-state index in [2.05, 4.69) is 0 Å². The van der Waals surface area contributed by atoms with Gasteiger partial charge in [0.1, 0.15) is 10.6 Å². The predicted octanol–water partition coefficient (Wildman–Crippen LogP) is 6.21. The van der Waals surface area contributed by atoms with E-state index in [1.807, 2.05) is 0 Å². The van der Waals surface area contributed by atoms with Crippen LogP contribution in [-0.4, -0.2) is 7.11 Å². The molecule has 0 atom stereocenters. The maximum absolute atomic E-state index is 6.23. The molecule has 0 unspecified atom stereocenters. The number of fused-ring (bicyclic) bond motifs is 3. The lowest BCUT2D eigenvalue weighted by Gasteiger charge is -2.05. The van der Waals surface area contributed by atoms with Crippen molar-refractivity contribution in [2.75, 3.05) is 7.11 Å². The Hall–Kier alpha value is -0.800. The van der Waals surface area contributed by atoms with E-state index in [4.69, 9.17) is 55.6 Å². The number of benzene rings is 2. The maximum atomic E-state index is 6.23. The van der Waals surface area contributed by atoms with Gasteiger partial charge in [-0.15, -0.1) is 0 Å². The molecule has 98 valence electrons. The maximum Gasteiger partial charge on any atom is 0.159 e. The zero-order chi connectivity index (χ0) is 13.7. The average Bonchev–Trinajstić information content (AvgIpc) is 2.69. The second-order valence-electron chi connectivity index (χ2n) is 3.95. The molecular formula is C13H6Cl4O2. The number of hydrogen-bond acceptors (Lipinski definition) is 2. The smallest absolute Gasteiger partial charge is 0.159 e. The fourth-order valence-electron chi connectivity index (χ4n) is 2.00. The second kappa shape index (κ2) is 4.64. The summed E-state index contributed by atoms with van der Waals surface area (Å²) < 4.78 is 10.9. The van der Waals surface area contributed by atoms with Gasteiger partial charge in [-0.1, -0.05) is 46.4 Å². The molecule has 0 amide bonds. The molecule has 19 heavy (non-hydrogen) atoms. The van der Waals surface area contributed by atoms with Gasteiger partial charge >= 0.3 is 0 Å². The van der Waals surface area contributed by atoms with Crippen LogP contribution < -0.4 is 4.74 Å². The predicted molar refractivity (Wildman–Crippen MR) is 80.3 cm³/mol. The van der Waals surface area contributed by atoms with E-state index in [0.717, 1.165) is 10.8 Å². The molecule has 6 heteroatoms. The Kier molecular flexibility index (Phi) is 3.22. The number of hydrogen-bond donors (Lipinski definition) is 0. The Morgan fingerprint density at radius 2 is 1.53 bits per heavy atom. The summed E-state index contributed by atoms with van der Waals surface area (Å²) in [5.41, 5.74) is 1.09. The fraction of sp³-hybridized carbons (Fsp3) is 0.0769. The highest BCUT2D eigenvalue weighted by atomic mass is 35.5. The van der Waals surface area contributed by atoms with Crippen molar-refractivity contribution < 1.29 is 9.15 Å². The van der Waals surface area contributed by atoms with E-state index in [1.165, 1.54) is 7.11 Å². The van der Waals surface area contributed by atoms with Crippen molar-refractivity contribution in [3.8, 4) is 5.75 Å². The summed E-state index contributed by atoms with van der Waals surface area (Å²) >= 11 is 24.3. The van der Waals surface area contributed by atoms with Crippen molar-refractivity contribution in [3.05, 3.63) is 38.3 Å². The quantitative estimate of drug-likeness (QED) is 0.527. The van der Waals surface area contributed by atoms with Crippen molar-refractivity contribution in [2.45, 2.75) is 0 Å². The number of ether oxygens (including phenoxy) is 1. The van der Waals surface area contributed by atoms with Crippen molar-refractivity contribution in [1.82, 2.24) is 0 Å². The minimum atomic E-state index is 0.327. The summed E-state index contributed by atoms with van der Waals surface area (Å²) in [6.45, 7) is 0. The minimum absolute atomic E-state index is 0.327.